The average molecular weight is 258 g/mol. The van der Waals surface area contributed by atoms with Crippen molar-refractivity contribution >= 4 is 11.9 Å². The topological polar surface area (TPSA) is 67.9 Å². The highest BCUT2D eigenvalue weighted by molar-refractivity contribution is 5.78. The van der Waals surface area contributed by atoms with Crippen molar-refractivity contribution in [2.45, 2.75) is 19.4 Å². The molecule has 1 fully saturated rings. The number of carbonyl (C=O) groups excluding carboxylic acids is 2. The van der Waals surface area contributed by atoms with Crippen LogP contribution in [-0.4, -0.2) is 63.3 Å². The molecule has 6 heteroatoms. The molecule has 1 heterocycles. The monoisotopic (exact) mass is 258 g/mol. The smallest absolute Gasteiger partial charge is 0.310 e. The summed E-state index contributed by atoms with van der Waals surface area (Å²) in [7, 11) is 3.04. The van der Waals surface area contributed by atoms with Gasteiger partial charge in [-0.2, -0.15) is 0 Å². The molecule has 1 aliphatic rings. The van der Waals surface area contributed by atoms with Crippen LogP contribution in [-0.2, 0) is 19.1 Å². The van der Waals surface area contributed by atoms with Gasteiger partial charge in [0.15, 0.2) is 0 Å². The Hall–Kier alpha value is -1.14. The van der Waals surface area contributed by atoms with Crippen molar-refractivity contribution in [3.63, 3.8) is 0 Å². The van der Waals surface area contributed by atoms with E-state index in [4.69, 9.17) is 4.74 Å². The van der Waals surface area contributed by atoms with Gasteiger partial charge in [-0.15, -0.1) is 0 Å². The second-order valence-electron chi connectivity index (χ2n) is 4.60. The predicted molar refractivity (Wildman–Crippen MR) is 66.0 cm³/mol. The summed E-state index contributed by atoms with van der Waals surface area (Å²) in [5.41, 5.74) is 0. The highest BCUT2D eigenvalue weighted by atomic mass is 16.5. The molecule has 0 aromatic rings. The Morgan fingerprint density at radius 1 is 1.56 bits per heavy atom. The third-order valence-corrected chi connectivity index (χ3v) is 2.98. The van der Waals surface area contributed by atoms with Crippen molar-refractivity contribution in [3.05, 3.63) is 0 Å². The number of hydrogen-bond donors (Lipinski definition) is 1. The van der Waals surface area contributed by atoms with Crippen molar-refractivity contribution in [3.8, 4) is 0 Å². The molecule has 0 saturated carbocycles. The third kappa shape index (κ3) is 4.62. The van der Waals surface area contributed by atoms with E-state index in [0.29, 0.717) is 26.1 Å². The minimum absolute atomic E-state index is 0.0144. The van der Waals surface area contributed by atoms with Crippen molar-refractivity contribution in [2.75, 3.05) is 40.4 Å². The van der Waals surface area contributed by atoms with Gasteiger partial charge in [0, 0.05) is 26.7 Å². The van der Waals surface area contributed by atoms with Crippen molar-refractivity contribution in [2.24, 2.45) is 5.92 Å². The molecule has 0 radical (unpaired) electrons. The summed E-state index contributed by atoms with van der Waals surface area (Å²) >= 11 is 0. The molecule has 1 aliphatic heterocycles. The predicted octanol–water partition coefficient (Wildman–Crippen LogP) is -0.368. The summed E-state index contributed by atoms with van der Waals surface area (Å²) in [4.78, 5) is 24.7. The lowest BCUT2D eigenvalue weighted by molar-refractivity contribution is -0.146. The number of nitrogens with zero attached hydrogens (tertiary/aromatic N) is 1. The number of esters is 1. The first-order valence-corrected chi connectivity index (χ1v) is 6.18. The second-order valence-corrected chi connectivity index (χ2v) is 4.60. The Kier molecular flexibility index (Phi) is 6.07. The molecule has 0 aromatic carbocycles. The first-order chi connectivity index (χ1) is 8.54. The van der Waals surface area contributed by atoms with Gasteiger partial charge in [0.2, 0.25) is 5.91 Å². The number of hydrogen-bond acceptors (Lipinski definition) is 5. The van der Waals surface area contributed by atoms with Crippen LogP contribution in [0, 0.1) is 5.92 Å². The van der Waals surface area contributed by atoms with Gasteiger partial charge < -0.3 is 19.7 Å². The number of rotatable bonds is 5. The molecular formula is C12H22N2O4. The summed E-state index contributed by atoms with van der Waals surface area (Å²) < 4.78 is 10.1. The van der Waals surface area contributed by atoms with Crippen LogP contribution in [0.5, 0.6) is 0 Å². The average Bonchev–Trinajstić information content (AvgIpc) is 2.38. The zero-order valence-electron chi connectivity index (χ0n) is 11.3. The lowest BCUT2D eigenvalue weighted by Crippen LogP contribution is -2.42. The second kappa shape index (κ2) is 7.33. The van der Waals surface area contributed by atoms with Gasteiger partial charge >= 0.3 is 5.97 Å². The fourth-order valence-corrected chi connectivity index (χ4v) is 1.89. The molecule has 1 amide bonds. The molecule has 0 spiro atoms. The Balaban J connectivity index is 2.33. The Morgan fingerprint density at radius 2 is 2.28 bits per heavy atom. The maximum absolute atomic E-state index is 11.9. The van der Waals surface area contributed by atoms with E-state index in [9.17, 15) is 9.59 Å². The lowest BCUT2D eigenvalue weighted by Gasteiger charge is -2.26. The fraction of sp³-hybridized carbons (Fsp3) is 0.833. The standard InChI is InChI=1S/C12H22N2O4/c1-9(12(16)17-3)8-14(2)11(15)6-10-7-13-4-5-18-10/h9-10,13H,4-8H2,1-3H3. The molecule has 1 N–H and O–H groups in total. The molecule has 0 bridgehead atoms. The quantitative estimate of drug-likeness (QED) is 0.682. The van der Waals surface area contributed by atoms with Crippen LogP contribution in [0.4, 0.5) is 0 Å². The number of amides is 1. The molecular weight excluding hydrogens is 236 g/mol. The van der Waals surface area contributed by atoms with E-state index >= 15 is 0 Å². The minimum Gasteiger partial charge on any atom is -0.469 e. The van der Waals surface area contributed by atoms with Gasteiger partial charge in [0.1, 0.15) is 0 Å². The summed E-state index contributed by atoms with van der Waals surface area (Å²) in [6.45, 7) is 4.28. The Labute approximate surface area is 108 Å². The number of ether oxygens (including phenoxy) is 2. The number of nitrogens with one attached hydrogen (secondary N) is 1. The van der Waals surface area contributed by atoms with Gasteiger partial charge in [-0.25, -0.2) is 0 Å². The fourth-order valence-electron chi connectivity index (χ4n) is 1.89. The van der Waals surface area contributed by atoms with Crippen molar-refractivity contribution in [1.29, 1.82) is 0 Å². The van der Waals surface area contributed by atoms with Crippen molar-refractivity contribution < 1.29 is 19.1 Å². The molecule has 6 nitrogen and oxygen atoms in total. The van der Waals surface area contributed by atoms with Gasteiger partial charge in [0.25, 0.3) is 0 Å². The van der Waals surface area contributed by atoms with E-state index in [-0.39, 0.29) is 23.9 Å². The number of carbonyl (C=O) groups is 2. The summed E-state index contributed by atoms with van der Waals surface area (Å²) in [5, 5.41) is 3.18. The lowest BCUT2D eigenvalue weighted by atomic mass is 10.1. The SMILES string of the molecule is COC(=O)C(C)CN(C)C(=O)CC1CNCCO1. The van der Waals surface area contributed by atoms with Crippen LogP contribution in [0.15, 0.2) is 0 Å². The Morgan fingerprint density at radius 3 is 2.83 bits per heavy atom. The summed E-state index contributed by atoms with van der Waals surface area (Å²) in [5.74, 6) is -0.626. The van der Waals surface area contributed by atoms with Gasteiger partial charge in [0.05, 0.1) is 32.2 Å². The van der Waals surface area contributed by atoms with Crippen LogP contribution >= 0.6 is 0 Å². The number of morpholine rings is 1. The van der Waals surface area contributed by atoms with E-state index in [1.165, 1.54) is 7.11 Å². The van der Waals surface area contributed by atoms with Crippen LogP contribution in [0.25, 0.3) is 0 Å². The summed E-state index contributed by atoms with van der Waals surface area (Å²) in [6, 6.07) is 0. The number of methoxy groups -OCH3 is 1. The Bertz CT molecular complexity index is 290. The van der Waals surface area contributed by atoms with Gasteiger partial charge in [-0.05, 0) is 0 Å². The van der Waals surface area contributed by atoms with E-state index in [2.05, 4.69) is 10.1 Å². The maximum Gasteiger partial charge on any atom is 0.310 e. The molecule has 1 rings (SSSR count). The van der Waals surface area contributed by atoms with E-state index < -0.39 is 0 Å². The molecule has 18 heavy (non-hydrogen) atoms. The molecule has 104 valence electrons. The van der Waals surface area contributed by atoms with Gasteiger partial charge in [-0.3, -0.25) is 9.59 Å². The highest BCUT2D eigenvalue weighted by Crippen LogP contribution is 2.07. The molecule has 2 unspecified atom stereocenters. The zero-order valence-corrected chi connectivity index (χ0v) is 11.3. The zero-order chi connectivity index (χ0) is 13.5. The van der Waals surface area contributed by atoms with Crippen LogP contribution < -0.4 is 5.32 Å². The molecule has 2 atom stereocenters. The molecule has 0 aliphatic carbocycles. The summed E-state index contributed by atoms with van der Waals surface area (Å²) in [6.07, 6.45) is 0.277. The van der Waals surface area contributed by atoms with Crippen molar-refractivity contribution in [1.82, 2.24) is 10.2 Å². The first kappa shape index (κ1) is 14.9. The molecule has 0 aromatic heterocycles. The van der Waals surface area contributed by atoms with Crippen LogP contribution in [0.3, 0.4) is 0 Å². The first-order valence-electron chi connectivity index (χ1n) is 6.18. The van der Waals surface area contributed by atoms with E-state index in [1.807, 2.05) is 0 Å². The van der Waals surface area contributed by atoms with Gasteiger partial charge in [-0.1, -0.05) is 6.92 Å². The highest BCUT2D eigenvalue weighted by Gasteiger charge is 2.22. The van der Waals surface area contributed by atoms with E-state index in [0.717, 1.165) is 6.54 Å². The molecule has 1 saturated heterocycles. The normalized spacial score (nSPS) is 21.2. The third-order valence-electron chi connectivity index (χ3n) is 2.98. The minimum atomic E-state index is -0.311. The van der Waals surface area contributed by atoms with Crippen LogP contribution in [0.2, 0.25) is 0 Å². The largest absolute Gasteiger partial charge is 0.469 e. The van der Waals surface area contributed by atoms with Crippen LogP contribution in [0.1, 0.15) is 13.3 Å². The maximum atomic E-state index is 11.9. The van der Waals surface area contributed by atoms with E-state index in [1.54, 1.807) is 18.9 Å².